The topological polar surface area (TPSA) is 96.2 Å². The molecule has 0 aliphatic carbocycles. The monoisotopic (exact) mass is 206 g/mol. The molecule has 0 atom stereocenters. The van der Waals surface area contributed by atoms with Gasteiger partial charge in [0.25, 0.3) is 5.91 Å². The van der Waals surface area contributed by atoms with E-state index in [-0.39, 0.29) is 11.3 Å². The molecule has 5 nitrogen and oxygen atoms in total. The number of carbonyl (C=O) groups excluding carboxylic acids is 1. The molecule has 0 saturated carbocycles. The van der Waals surface area contributed by atoms with Gasteiger partial charge >= 0.3 is 5.97 Å². The fourth-order valence-electron chi connectivity index (χ4n) is 1.01. The SMILES string of the molecule is NC(=O)c1[nH]ccccccc1C(=O)O. The second-order valence-electron chi connectivity index (χ2n) is 2.71. The molecule has 0 aliphatic heterocycles. The van der Waals surface area contributed by atoms with Crippen LogP contribution in [0.2, 0.25) is 0 Å². The van der Waals surface area contributed by atoms with Crippen LogP contribution in [-0.4, -0.2) is 22.0 Å². The zero-order chi connectivity index (χ0) is 11.3. The standard InChI is InChI=1S/C10H10N2O3/c11-9(13)8-7(10(14)15)5-3-1-2-4-6-12-8/h1-6,12H,(H2,11,13)(H,14,15). The molecule has 0 aromatic carbocycles. The second-order valence-corrected chi connectivity index (χ2v) is 2.71. The van der Waals surface area contributed by atoms with Gasteiger partial charge in [0.15, 0.2) is 0 Å². The third-order valence-electron chi connectivity index (χ3n) is 1.67. The molecule has 15 heavy (non-hydrogen) atoms. The molecule has 0 unspecified atom stereocenters. The number of aromatic amines is 1. The lowest BCUT2D eigenvalue weighted by atomic mass is 10.2. The minimum atomic E-state index is -1.21. The Morgan fingerprint density at radius 3 is 2.47 bits per heavy atom. The summed E-state index contributed by atoms with van der Waals surface area (Å²) in [5, 5.41) is 8.86. The van der Waals surface area contributed by atoms with Crippen molar-refractivity contribution in [3.05, 3.63) is 47.8 Å². The largest absolute Gasteiger partial charge is 0.478 e. The molecule has 0 fully saturated rings. The Morgan fingerprint density at radius 2 is 1.87 bits per heavy atom. The third-order valence-corrected chi connectivity index (χ3v) is 1.67. The second kappa shape index (κ2) is 4.80. The van der Waals surface area contributed by atoms with Crippen LogP contribution in [0.25, 0.3) is 0 Å². The number of H-pyrrole nitrogens is 1. The van der Waals surface area contributed by atoms with E-state index in [1.54, 1.807) is 18.2 Å². The van der Waals surface area contributed by atoms with Gasteiger partial charge in [-0.3, -0.25) is 4.79 Å². The number of hydrogen-bond acceptors (Lipinski definition) is 2. The number of hydrogen-bond donors (Lipinski definition) is 3. The molecule has 78 valence electrons. The molecule has 5 heteroatoms. The molecular weight excluding hydrogens is 196 g/mol. The van der Waals surface area contributed by atoms with Crippen LogP contribution in [0, 0.1) is 0 Å². The molecular formula is C10H10N2O3. The summed E-state index contributed by atoms with van der Waals surface area (Å²) in [6.07, 6.45) is 1.44. The van der Waals surface area contributed by atoms with Gasteiger partial charge in [-0.25, -0.2) is 4.79 Å². The van der Waals surface area contributed by atoms with E-state index in [2.05, 4.69) is 4.98 Å². The van der Waals surface area contributed by atoms with Gasteiger partial charge < -0.3 is 15.8 Å². The average Bonchev–Trinajstić information content (AvgIpc) is 2.27. The van der Waals surface area contributed by atoms with Gasteiger partial charge in [-0.2, -0.15) is 0 Å². The summed E-state index contributed by atoms with van der Waals surface area (Å²) in [5.41, 5.74) is 4.75. The van der Waals surface area contributed by atoms with Crippen molar-refractivity contribution >= 4 is 11.9 Å². The van der Waals surface area contributed by atoms with Crippen molar-refractivity contribution in [2.75, 3.05) is 0 Å². The number of aromatic carboxylic acids is 1. The number of nitrogens with one attached hydrogen (secondary N) is 1. The van der Waals surface area contributed by atoms with E-state index in [0.29, 0.717) is 0 Å². The predicted molar refractivity (Wildman–Crippen MR) is 53.9 cm³/mol. The smallest absolute Gasteiger partial charge is 0.338 e. The van der Waals surface area contributed by atoms with Gasteiger partial charge in [-0.05, 0) is 12.1 Å². The van der Waals surface area contributed by atoms with E-state index >= 15 is 0 Å². The summed E-state index contributed by atoms with van der Waals surface area (Å²) in [6, 6.07) is 7.78. The van der Waals surface area contributed by atoms with Crippen LogP contribution >= 0.6 is 0 Å². The van der Waals surface area contributed by atoms with E-state index in [4.69, 9.17) is 10.8 Å². The Labute approximate surface area is 85.9 Å². The van der Waals surface area contributed by atoms with Gasteiger partial charge in [0.05, 0.1) is 5.56 Å². The molecule has 0 aliphatic rings. The number of carboxylic acids is 1. The van der Waals surface area contributed by atoms with Crippen LogP contribution in [0.1, 0.15) is 20.8 Å². The van der Waals surface area contributed by atoms with E-state index in [1.165, 1.54) is 18.3 Å². The van der Waals surface area contributed by atoms with Crippen LogP contribution in [0.3, 0.4) is 0 Å². The Kier molecular flexibility index (Phi) is 3.45. The quantitative estimate of drug-likeness (QED) is 0.671. The molecule has 1 rings (SSSR count). The molecule has 0 bridgehead atoms. The molecule has 0 radical (unpaired) electrons. The summed E-state index contributed by atoms with van der Waals surface area (Å²) in [7, 11) is 0. The van der Waals surface area contributed by atoms with Crippen LogP contribution in [-0.2, 0) is 0 Å². The molecule has 0 spiro atoms. The summed E-state index contributed by atoms with van der Waals surface area (Å²) in [4.78, 5) is 24.4. The lowest BCUT2D eigenvalue weighted by Gasteiger charge is -1.97. The number of carboxylic acid groups (broad SMARTS) is 1. The molecule has 1 aromatic rings. The van der Waals surface area contributed by atoms with Crippen molar-refractivity contribution in [2.45, 2.75) is 0 Å². The first-order valence-electron chi connectivity index (χ1n) is 4.16. The minimum Gasteiger partial charge on any atom is -0.478 e. The Hall–Kier alpha value is -2.30. The first kappa shape index (κ1) is 10.8. The maximum atomic E-state index is 11.0. The summed E-state index contributed by atoms with van der Waals surface area (Å²) < 4.78 is 0. The lowest BCUT2D eigenvalue weighted by molar-refractivity contribution is 0.0691. The highest BCUT2D eigenvalue weighted by molar-refractivity contribution is 6.02. The molecule has 4 N–H and O–H groups in total. The van der Waals surface area contributed by atoms with Gasteiger partial charge in [-0.1, -0.05) is 18.2 Å². The Morgan fingerprint density at radius 1 is 1.20 bits per heavy atom. The summed E-state index contributed by atoms with van der Waals surface area (Å²) in [5.74, 6) is -2.03. The van der Waals surface area contributed by atoms with Gasteiger partial charge in [0, 0.05) is 6.20 Å². The molecule has 0 saturated heterocycles. The zero-order valence-electron chi connectivity index (χ0n) is 7.81. The maximum absolute atomic E-state index is 11.0. The normalized spacial score (nSPS) is 9.07. The van der Waals surface area contributed by atoms with Crippen molar-refractivity contribution in [2.24, 2.45) is 5.73 Å². The summed E-state index contributed by atoms with van der Waals surface area (Å²) in [6.45, 7) is 0. The fraction of sp³-hybridized carbons (Fsp3) is 0. The first-order chi connectivity index (χ1) is 7.13. The van der Waals surface area contributed by atoms with Crippen molar-refractivity contribution < 1.29 is 14.7 Å². The predicted octanol–water partition coefficient (Wildman–Crippen LogP) is 0.936. The van der Waals surface area contributed by atoms with E-state index in [0.717, 1.165) is 0 Å². The van der Waals surface area contributed by atoms with E-state index in [1.807, 2.05) is 0 Å². The van der Waals surface area contributed by atoms with Crippen LogP contribution in [0.4, 0.5) is 0 Å². The number of carbonyl (C=O) groups is 2. The van der Waals surface area contributed by atoms with Gasteiger partial charge in [-0.15, -0.1) is 0 Å². The highest BCUT2D eigenvalue weighted by Crippen LogP contribution is 2.01. The maximum Gasteiger partial charge on any atom is 0.338 e. The lowest BCUT2D eigenvalue weighted by Crippen LogP contribution is -2.17. The van der Waals surface area contributed by atoms with Crippen LogP contribution < -0.4 is 5.73 Å². The molecule has 1 aromatic heterocycles. The molecule has 1 heterocycles. The van der Waals surface area contributed by atoms with Crippen LogP contribution in [0.15, 0.2) is 36.5 Å². The van der Waals surface area contributed by atoms with Crippen molar-refractivity contribution in [1.29, 1.82) is 0 Å². The average molecular weight is 206 g/mol. The Bertz CT molecular complexity index is 397. The van der Waals surface area contributed by atoms with E-state index < -0.39 is 11.9 Å². The van der Waals surface area contributed by atoms with E-state index in [9.17, 15) is 9.59 Å². The number of primary amides is 1. The third kappa shape index (κ3) is 2.84. The van der Waals surface area contributed by atoms with Gasteiger partial charge in [0.2, 0.25) is 0 Å². The summed E-state index contributed by atoms with van der Waals surface area (Å²) >= 11 is 0. The number of nitrogens with two attached hydrogens (primary N) is 1. The number of rotatable bonds is 2. The minimum absolute atomic E-state index is 0.140. The van der Waals surface area contributed by atoms with Crippen molar-refractivity contribution in [3.8, 4) is 0 Å². The molecule has 1 amide bonds. The highest BCUT2D eigenvalue weighted by Gasteiger charge is 2.11. The highest BCUT2D eigenvalue weighted by atomic mass is 16.4. The van der Waals surface area contributed by atoms with Crippen molar-refractivity contribution in [1.82, 2.24) is 4.98 Å². The van der Waals surface area contributed by atoms with Crippen molar-refractivity contribution in [3.63, 3.8) is 0 Å². The Balaban J connectivity index is 3.53. The number of aromatic nitrogens is 1. The zero-order valence-corrected chi connectivity index (χ0v) is 7.81. The fourth-order valence-corrected chi connectivity index (χ4v) is 1.01. The van der Waals surface area contributed by atoms with Gasteiger partial charge in [0.1, 0.15) is 5.69 Å². The van der Waals surface area contributed by atoms with Crippen LogP contribution in [0.5, 0.6) is 0 Å². The number of amides is 1. The first-order valence-corrected chi connectivity index (χ1v) is 4.16.